The molecule has 0 saturated carbocycles. The Bertz CT molecular complexity index is 909. The maximum atomic E-state index is 13.1. The summed E-state index contributed by atoms with van der Waals surface area (Å²) in [5, 5.41) is 0. The zero-order valence-corrected chi connectivity index (χ0v) is 14.7. The van der Waals surface area contributed by atoms with E-state index in [-0.39, 0.29) is 5.91 Å². The van der Waals surface area contributed by atoms with Gasteiger partial charge in [-0.25, -0.2) is 0 Å². The molecular formula is C20H20N2O4. The van der Waals surface area contributed by atoms with Gasteiger partial charge in [-0.3, -0.25) is 9.59 Å². The molecule has 0 aromatic heterocycles. The molecule has 2 N–H and O–H groups in total. The van der Waals surface area contributed by atoms with E-state index < -0.39 is 17.9 Å². The first-order valence-electron chi connectivity index (χ1n) is 8.51. The molecule has 0 radical (unpaired) electrons. The number of amides is 2. The van der Waals surface area contributed by atoms with Crippen molar-refractivity contribution in [3.05, 3.63) is 58.7 Å². The number of ether oxygens (including phenoxy) is 2. The number of nitrogens with zero attached hydrogens (tertiary/aromatic N) is 1. The first kappa shape index (κ1) is 16.4. The minimum absolute atomic E-state index is 0.0846. The molecule has 0 fully saturated rings. The van der Waals surface area contributed by atoms with E-state index in [0.717, 1.165) is 11.1 Å². The fourth-order valence-corrected chi connectivity index (χ4v) is 4.24. The van der Waals surface area contributed by atoms with Crippen LogP contribution in [0.4, 0.5) is 0 Å². The molecule has 2 aliphatic heterocycles. The Balaban J connectivity index is 2.00. The minimum Gasteiger partial charge on any atom is -0.493 e. The lowest BCUT2D eigenvalue weighted by molar-refractivity contribution is -0.121. The molecule has 6 nitrogen and oxygen atoms in total. The van der Waals surface area contributed by atoms with Crippen molar-refractivity contribution in [3.63, 3.8) is 0 Å². The Morgan fingerprint density at radius 1 is 1.15 bits per heavy atom. The third-order valence-corrected chi connectivity index (χ3v) is 5.34. The fourth-order valence-electron chi connectivity index (χ4n) is 4.24. The van der Waals surface area contributed by atoms with Crippen LogP contribution in [0.2, 0.25) is 0 Å². The van der Waals surface area contributed by atoms with Crippen molar-refractivity contribution in [1.82, 2.24) is 4.90 Å². The molecule has 6 heteroatoms. The van der Waals surface area contributed by atoms with Gasteiger partial charge >= 0.3 is 0 Å². The van der Waals surface area contributed by atoms with Crippen LogP contribution in [0.15, 0.2) is 36.4 Å². The Morgan fingerprint density at radius 2 is 1.92 bits per heavy atom. The summed E-state index contributed by atoms with van der Waals surface area (Å²) >= 11 is 0. The van der Waals surface area contributed by atoms with Crippen molar-refractivity contribution >= 4 is 11.8 Å². The van der Waals surface area contributed by atoms with Gasteiger partial charge in [0.15, 0.2) is 11.5 Å². The maximum absolute atomic E-state index is 13.1. The highest BCUT2D eigenvalue weighted by Crippen LogP contribution is 2.50. The quantitative estimate of drug-likeness (QED) is 0.916. The Labute approximate surface area is 151 Å². The van der Waals surface area contributed by atoms with Crippen LogP contribution >= 0.6 is 0 Å². The lowest BCUT2D eigenvalue weighted by Crippen LogP contribution is -2.49. The van der Waals surface area contributed by atoms with Gasteiger partial charge in [0.05, 0.1) is 26.2 Å². The number of hydrogen-bond donors (Lipinski definition) is 1. The topological polar surface area (TPSA) is 81.9 Å². The number of rotatable bonds is 3. The van der Waals surface area contributed by atoms with Crippen molar-refractivity contribution in [2.75, 3.05) is 20.8 Å². The molecule has 0 saturated heterocycles. The van der Waals surface area contributed by atoms with Crippen LogP contribution in [0.1, 0.15) is 39.0 Å². The van der Waals surface area contributed by atoms with E-state index in [2.05, 4.69) is 0 Å². The number of hydrogen-bond acceptors (Lipinski definition) is 4. The van der Waals surface area contributed by atoms with Crippen LogP contribution in [0.3, 0.4) is 0 Å². The SMILES string of the molecule is COc1ccc2c(c1OC)C1C(C(N)=O)c3ccccc3C(=O)N1CC2. The van der Waals surface area contributed by atoms with Crippen LogP contribution in [0, 0.1) is 0 Å². The van der Waals surface area contributed by atoms with E-state index in [1.54, 1.807) is 37.3 Å². The summed E-state index contributed by atoms with van der Waals surface area (Å²) in [5.41, 5.74) is 8.87. The van der Waals surface area contributed by atoms with E-state index in [4.69, 9.17) is 15.2 Å². The Morgan fingerprint density at radius 3 is 2.62 bits per heavy atom. The molecule has 0 bridgehead atoms. The largest absolute Gasteiger partial charge is 0.493 e. The van der Waals surface area contributed by atoms with Gasteiger partial charge in [0.25, 0.3) is 5.91 Å². The average molecular weight is 352 g/mol. The molecule has 0 aliphatic carbocycles. The van der Waals surface area contributed by atoms with Crippen LogP contribution in [0.5, 0.6) is 11.5 Å². The van der Waals surface area contributed by atoms with E-state index in [0.29, 0.717) is 35.6 Å². The van der Waals surface area contributed by atoms with Crippen molar-refractivity contribution in [2.45, 2.75) is 18.4 Å². The highest BCUT2D eigenvalue weighted by molar-refractivity contribution is 6.01. The molecule has 0 spiro atoms. The summed E-state index contributed by atoms with van der Waals surface area (Å²) in [6.07, 6.45) is 0.686. The van der Waals surface area contributed by atoms with Crippen molar-refractivity contribution < 1.29 is 19.1 Å². The highest BCUT2D eigenvalue weighted by atomic mass is 16.5. The molecule has 2 unspecified atom stereocenters. The summed E-state index contributed by atoms with van der Waals surface area (Å²) in [7, 11) is 3.13. The number of nitrogens with two attached hydrogens (primary N) is 1. The van der Waals surface area contributed by atoms with Gasteiger partial charge in [0.1, 0.15) is 0 Å². The number of carbonyl (C=O) groups excluding carboxylic acids is 2. The second-order valence-electron chi connectivity index (χ2n) is 6.53. The number of fused-ring (bicyclic) bond motifs is 4. The molecule has 2 aromatic rings. The zero-order valence-electron chi connectivity index (χ0n) is 14.7. The Hall–Kier alpha value is -3.02. The monoisotopic (exact) mass is 352 g/mol. The average Bonchev–Trinajstić information content (AvgIpc) is 2.66. The van der Waals surface area contributed by atoms with Gasteiger partial charge in [-0.1, -0.05) is 24.3 Å². The molecule has 134 valence electrons. The van der Waals surface area contributed by atoms with Gasteiger partial charge in [-0.05, 0) is 29.7 Å². The van der Waals surface area contributed by atoms with E-state index in [9.17, 15) is 9.59 Å². The molecule has 26 heavy (non-hydrogen) atoms. The van der Waals surface area contributed by atoms with Gasteiger partial charge in [-0.15, -0.1) is 0 Å². The number of benzene rings is 2. The fraction of sp³-hybridized carbons (Fsp3) is 0.300. The summed E-state index contributed by atoms with van der Waals surface area (Å²) in [4.78, 5) is 27.3. The third-order valence-electron chi connectivity index (χ3n) is 5.34. The molecule has 2 atom stereocenters. The molecule has 2 amide bonds. The van der Waals surface area contributed by atoms with Crippen molar-refractivity contribution in [3.8, 4) is 11.5 Å². The van der Waals surface area contributed by atoms with Gasteiger partial charge < -0.3 is 20.1 Å². The molecule has 4 rings (SSSR count). The van der Waals surface area contributed by atoms with E-state index in [1.165, 1.54) is 0 Å². The number of primary amides is 1. The number of methoxy groups -OCH3 is 2. The van der Waals surface area contributed by atoms with Crippen LogP contribution in [-0.4, -0.2) is 37.5 Å². The highest BCUT2D eigenvalue weighted by Gasteiger charge is 2.47. The zero-order chi connectivity index (χ0) is 18.4. The van der Waals surface area contributed by atoms with Gasteiger partial charge in [0, 0.05) is 17.7 Å². The van der Waals surface area contributed by atoms with Crippen molar-refractivity contribution in [1.29, 1.82) is 0 Å². The second kappa shape index (κ2) is 6.05. The Kier molecular flexibility index (Phi) is 3.83. The first-order chi connectivity index (χ1) is 12.6. The van der Waals surface area contributed by atoms with Gasteiger partial charge in [0.2, 0.25) is 5.91 Å². The maximum Gasteiger partial charge on any atom is 0.254 e. The van der Waals surface area contributed by atoms with Crippen molar-refractivity contribution in [2.24, 2.45) is 5.73 Å². The second-order valence-corrected chi connectivity index (χ2v) is 6.53. The molecule has 2 aliphatic rings. The molecular weight excluding hydrogens is 332 g/mol. The van der Waals surface area contributed by atoms with E-state index >= 15 is 0 Å². The van der Waals surface area contributed by atoms with Gasteiger partial charge in [-0.2, -0.15) is 0 Å². The summed E-state index contributed by atoms with van der Waals surface area (Å²) in [6.45, 7) is 0.532. The first-order valence-corrected chi connectivity index (χ1v) is 8.51. The summed E-state index contributed by atoms with van der Waals surface area (Å²) < 4.78 is 11.0. The predicted molar refractivity (Wildman–Crippen MR) is 95.4 cm³/mol. The van der Waals surface area contributed by atoms with Crippen LogP contribution in [-0.2, 0) is 11.2 Å². The standard InChI is InChI=1S/C20H20N2O4/c1-25-14-8-7-11-9-10-22-17(15(11)18(14)26-2)16(19(21)23)12-5-3-4-6-13(12)20(22)24/h3-8,16-17H,9-10H2,1-2H3,(H2,21,23). The molecule has 2 aromatic carbocycles. The predicted octanol–water partition coefficient (Wildman–Crippen LogP) is 2.03. The molecule has 2 heterocycles. The van der Waals surface area contributed by atoms with Crippen LogP contribution in [0.25, 0.3) is 0 Å². The van der Waals surface area contributed by atoms with Crippen LogP contribution < -0.4 is 15.2 Å². The third kappa shape index (κ3) is 2.18. The lowest BCUT2D eigenvalue weighted by Gasteiger charge is -2.45. The normalized spacial score (nSPS) is 20.7. The lowest BCUT2D eigenvalue weighted by atomic mass is 9.75. The summed E-state index contributed by atoms with van der Waals surface area (Å²) in [5.74, 6) is -0.0546. The smallest absolute Gasteiger partial charge is 0.254 e. The van der Waals surface area contributed by atoms with E-state index in [1.807, 2.05) is 18.2 Å². The number of carbonyl (C=O) groups is 2. The minimum atomic E-state index is -0.635. The summed E-state index contributed by atoms with van der Waals surface area (Å²) in [6, 6.07) is 10.5.